The van der Waals surface area contributed by atoms with Crippen LogP contribution in [0.1, 0.15) is 43.1 Å². The van der Waals surface area contributed by atoms with Crippen molar-refractivity contribution < 1.29 is 9.47 Å². The Labute approximate surface area is 262 Å². The van der Waals surface area contributed by atoms with Gasteiger partial charge in [-0.25, -0.2) is 4.98 Å². The van der Waals surface area contributed by atoms with Crippen LogP contribution in [0.15, 0.2) is 74.7 Å². The second kappa shape index (κ2) is 12.8. The van der Waals surface area contributed by atoms with Crippen LogP contribution in [0.2, 0.25) is 0 Å². The first kappa shape index (κ1) is 29.5. The van der Waals surface area contributed by atoms with Crippen molar-refractivity contribution in [2.45, 2.75) is 32.8 Å². The van der Waals surface area contributed by atoms with Crippen molar-refractivity contribution in [3.63, 3.8) is 0 Å². The number of hydrogen-bond donors (Lipinski definition) is 0. The van der Waals surface area contributed by atoms with Crippen LogP contribution in [-0.4, -0.2) is 23.0 Å². The minimum atomic E-state index is -0.231. The van der Waals surface area contributed by atoms with Crippen molar-refractivity contribution >= 4 is 96.8 Å². The molecule has 3 aromatic carbocycles. The number of rotatable bonds is 8. The maximum Gasteiger partial charge on any atom is 0.282 e. The molecular weight excluding hydrogens is 814 g/mol. The quantitative estimate of drug-likeness (QED) is 0.166. The molecule has 0 aliphatic carbocycles. The number of nitrogens with zero attached hydrogens (tertiary/aromatic N) is 3. The molecule has 4 rings (SSSR count). The fourth-order valence-electron chi connectivity index (χ4n) is 3.67. The van der Waals surface area contributed by atoms with Gasteiger partial charge in [-0.3, -0.25) is 4.79 Å². The third kappa shape index (κ3) is 6.27. The highest BCUT2D eigenvalue weighted by Gasteiger charge is 2.19. The van der Waals surface area contributed by atoms with Gasteiger partial charge in [-0.1, -0.05) is 67.7 Å². The summed E-state index contributed by atoms with van der Waals surface area (Å²) in [5.74, 6) is 1.70. The van der Waals surface area contributed by atoms with Gasteiger partial charge in [0.1, 0.15) is 12.4 Å². The summed E-state index contributed by atoms with van der Waals surface area (Å²) >= 11 is 17.8. The maximum atomic E-state index is 13.5. The molecule has 0 N–H and O–H groups in total. The van der Waals surface area contributed by atoms with E-state index in [9.17, 15) is 4.79 Å². The molecule has 1 aromatic heterocycles. The van der Waals surface area contributed by atoms with E-state index in [4.69, 9.17) is 14.5 Å². The number of benzene rings is 3. The van der Waals surface area contributed by atoms with Crippen LogP contribution < -0.4 is 15.0 Å². The lowest BCUT2D eigenvalue weighted by Gasteiger charge is -2.16. The van der Waals surface area contributed by atoms with Crippen molar-refractivity contribution in [1.82, 2.24) is 9.66 Å². The minimum absolute atomic E-state index is 0.0336. The van der Waals surface area contributed by atoms with Crippen LogP contribution >= 0.6 is 79.6 Å². The predicted octanol–water partition coefficient (Wildman–Crippen LogP) is 9.19. The average Bonchev–Trinajstić information content (AvgIpc) is 2.90. The summed E-state index contributed by atoms with van der Waals surface area (Å²) in [5.41, 5.74) is 2.09. The molecule has 4 aromatic rings. The third-order valence-electron chi connectivity index (χ3n) is 5.96. The molecule has 0 saturated carbocycles. The highest BCUT2D eigenvalue weighted by atomic mass is 79.9. The van der Waals surface area contributed by atoms with Crippen molar-refractivity contribution in [3.05, 3.63) is 92.1 Å². The Morgan fingerprint density at radius 3 is 2.42 bits per heavy atom. The summed E-state index contributed by atoms with van der Waals surface area (Å²) in [6, 6.07) is 13.2. The molecule has 0 aliphatic heterocycles. The Hall–Kier alpha value is -1.53. The Morgan fingerprint density at radius 2 is 1.74 bits per heavy atom. The second-order valence-corrected chi connectivity index (χ2v) is 12.7. The SMILES string of the molecule is CC[C@@H](C)c1nc2ccc(Br)cc2c(=O)n1N=Cc1cc(OC)c(OCc2ccc(Br)cc2Br)c(Br)c1Br. The fraction of sp³-hybridized carbons (Fsp3) is 0.222. The molecule has 6 nitrogen and oxygen atoms in total. The van der Waals surface area contributed by atoms with Gasteiger partial charge in [-0.05, 0) is 74.7 Å². The topological polar surface area (TPSA) is 65.7 Å². The summed E-state index contributed by atoms with van der Waals surface area (Å²) in [5, 5.41) is 5.08. The van der Waals surface area contributed by atoms with Gasteiger partial charge >= 0.3 is 0 Å². The number of fused-ring (bicyclic) bond motifs is 1. The van der Waals surface area contributed by atoms with Gasteiger partial charge in [0, 0.05) is 34.9 Å². The standard InChI is InChI=1S/C27H22Br5N3O3/c1-4-14(2)26-34-21-8-7-17(28)10-19(21)27(36)35(26)33-12-16-9-22(37-3)25(24(32)23(16)31)38-13-15-5-6-18(29)11-20(15)30/h5-12,14H,4,13H2,1-3H3/t14-/m1/s1. The molecule has 0 radical (unpaired) electrons. The smallest absolute Gasteiger partial charge is 0.282 e. The Kier molecular flexibility index (Phi) is 9.89. The molecule has 0 unspecified atom stereocenters. The van der Waals surface area contributed by atoms with E-state index in [2.05, 4.69) is 91.7 Å². The first-order valence-electron chi connectivity index (χ1n) is 11.5. The molecule has 1 heterocycles. The monoisotopic (exact) mass is 831 g/mol. The van der Waals surface area contributed by atoms with Gasteiger partial charge in [-0.2, -0.15) is 9.78 Å². The highest BCUT2D eigenvalue weighted by Crippen LogP contribution is 2.43. The minimum Gasteiger partial charge on any atom is -0.493 e. The zero-order valence-corrected chi connectivity index (χ0v) is 28.5. The Bertz CT molecular complexity index is 1600. The molecule has 0 bridgehead atoms. The maximum absolute atomic E-state index is 13.5. The van der Waals surface area contributed by atoms with Crippen LogP contribution in [0, 0.1) is 0 Å². The molecule has 0 aliphatic rings. The summed E-state index contributed by atoms with van der Waals surface area (Å²) in [6.45, 7) is 4.42. The number of methoxy groups -OCH3 is 1. The number of hydrogen-bond acceptors (Lipinski definition) is 5. The van der Waals surface area contributed by atoms with Crippen molar-refractivity contribution in [3.8, 4) is 11.5 Å². The van der Waals surface area contributed by atoms with E-state index in [0.717, 1.165) is 25.4 Å². The van der Waals surface area contributed by atoms with Gasteiger partial charge in [0.05, 0.1) is 28.7 Å². The average molecular weight is 836 g/mol. The second-order valence-electron chi connectivity index (χ2n) is 8.45. The Morgan fingerprint density at radius 1 is 1.03 bits per heavy atom. The molecule has 198 valence electrons. The van der Waals surface area contributed by atoms with Crippen LogP contribution in [0.5, 0.6) is 11.5 Å². The lowest BCUT2D eigenvalue weighted by molar-refractivity contribution is 0.281. The van der Waals surface area contributed by atoms with Gasteiger partial charge in [-0.15, -0.1) is 0 Å². The van der Waals surface area contributed by atoms with E-state index in [1.807, 2.05) is 43.3 Å². The first-order chi connectivity index (χ1) is 18.1. The van der Waals surface area contributed by atoms with Crippen LogP contribution in [0.25, 0.3) is 10.9 Å². The van der Waals surface area contributed by atoms with Gasteiger partial charge in [0.2, 0.25) is 0 Å². The number of aromatic nitrogens is 2. The summed E-state index contributed by atoms with van der Waals surface area (Å²) in [4.78, 5) is 18.2. The lowest BCUT2D eigenvalue weighted by atomic mass is 10.1. The first-order valence-corrected chi connectivity index (χ1v) is 15.5. The van der Waals surface area contributed by atoms with Gasteiger partial charge in [0.25, 0.3) is 5.56 Å². The van der Waals surface area contributed by atoms with E-state index < -0.39 is 0 Å². The lowest BCUT2D eigenvalue weighted by Crippen LogP contribution is -2.23. The summed E-state index contributed by atoms with van der Waals surface area (Å²) in [7, 11) is 1.58. The van der Waals surface area contributed by atoms with E-state index in [-0.39, 0.29) is 11.5 Å². The van der Waals surface area contributed by atoms with Crippen molar-refractivity contribution in [2.24, 2.45) is 5.10 Å². The van der Waals surface area contributed by atoms with E-state index >= 15 is 0 Å². The van der Waals surface area contributed by atoms with E-state index in [1.165, 1.54) is 4.68 Å². The molecule has 1 atom stereocenters. The van der Waals surface area contributed by atoms with Crippen molar-refractivity contribution in [2.75, 3.05) is 7.11 Å². The third-order valence-corrected chi connectivity index (χ3v) is 9.83. The van der Waals surface area contributed by atoms with Crippen LogP contribution in [0.4, 0.5) is 0 Å². The molecule has 0 amide bonds. The molecule has 0 fully saturated rings. The van der Waals surface area contributed by atoms with Crippen molar-refractivity contribution in [1.29, 1.82) is 0 Å². The summed E-state index contributed by atoms with van der Waals surface area (Å²) in [6.07, 6.45) is 2.43. The zero-order valence-electron chi connectivity index (χ0n) is 20.6. The number of ether oxygens (including phenoxy) is 2. The van der Waals surface area contributed by atoms with Crippen LogP contribution in [0.3, 0.4) is 0 Å². The van der Waals surface area contributed by atoms with Gasteiger partial charge in [0.15, 0.2) is 11.5 Å². The number of halogens is 5. The normalized spacial score (nSPS) is 12.3. The van der Waals surface area contributed by atoms with Gasteiger partial charge < -0.3 is 9.47 Å². The molecule has 11 heteroatoms. The molecule has 0 saturated heterocycles. The zero-order chi connectivity index (χ0) is 27.6. The molecule has 38 heavy (non-hydrogen) atoms. The molecule has 0 spiro atoms. The predicted molar refractivity (Wildman–Crippen MR) is 170 cm³/mol. The Balaban J connectivity index is 1.74. The largest absolute Gasteiger partial charge is 0.493 e. The van der Waals surface area contributed by atoms with E-state index in [1.54, 1.807) is 19.4 Å². The highest BCUT2D eigenvalue weighted by molar-refractivity contribution is 9.13. The van der Waals surface area contributed by atoms with Crippen LogP contribution in [-0.2, 0) is 6.61 Å². The summed E-state index contributed by atoms with van der Waals surface area (Å²) < 4.78 is 17.3. The van der Waals surface area contributed by atoms with E-state index in [0.29, 0.717) is 49.3 Å². The molecular formula is C27H22Br5N3O3. The fourth-order valence-corrected chi connectivity index (χ4v) is 6.13.